The molecule has 1 amide bonds. The van der Waals surface area contributed by atoms with Crippen molar-refractivity contribution < 1.29 is 28.2 Å². The number of nitrogens with two attached hydrogens (primary N) is 1. The lowest BCUT2D eigenvalue weighted by molar-refractivity contribution is -0.205. The van der Waals surface area contributed by atoms with Gasteiger partial charge in [-0.3, -0.25) is 9.69 Å². The summed E-state index contributed by atoms with van der Waals surface area (Å²) in [7, 11) is 1.75. The molecular formula is C30H29ClF2N6O4. The number of carbonyl (C=O) groups is 1. The summed E-state index contributed by atoms with van der Waals surface area (Å²) in [4.78, 5) is 28.4. The largest absolute Gasteiger partial charge is 0.396 e. The first-order valence-corrected chi connectivity index (χ1v) is 14.0. The highest BCUT2D eigenvalue weighted by atomic mass is 35.5. The number of nitrogen functional groups attached to an aromatic ring is 1. The van der Waals surface area contributed by atoms with Gasteiger partial charge in [0.15, 0.2) is 5.67 Å². The number of hydrogen-bond donors (Lipinski definition) is 2. The van der Waals surface area contributed by atoms with E-state index < -0.39 is 35.3 Å². The molecule has 1 fully saturated rings. The minimum atomic E-state index is -1.95. The number of aryl methyl sites for hydroxylation is 1. The summed E-state index contributed by atoms with van der Waals surface area (Å²) in [5, 5.41) is 12.2. The fourth-order valence-corrected chi connectivity index (χ4v) is 5.69. The van der Waals surface area contributed by atoms with Gasteiger partial charge in [-0.2, -0.15) is 0 Å². The van der Waals surface area contributed by atoms with Crippen molar-refractivity contribution in [3.05, 3.63) is 106 Å². The molecule has 10 nitrogen and oxygen atoms in total. The summed E-state index contributed by atoms with van der Waals surface area (Å²) in [5.41, 5.74) is 1.12. The standard InChI is InChI=1S/C30H29ClF2N6O4/c1-3-29(41,24-12-38(2)17-37-24)19-8-22-26(23(32)9-19)30(18-4-6-20(31)7-5-18,43-16-28(33)14-42-15-28)39(27(22)40)13-25-35-10-21(34)11-36-25/h4-12,17,41H,3,13-16,34H2,1-2H3/t29?,30-/m1/s1. The molecule has 6 rings (SSSR count). The molecule has 0 aliphatic carbocycles. The van der Waals surface area contributed by atoms with E-state index in [-0.39, 0.29) is 48.7 Å². The number of amides is 1. The Morgan fingerprint density at radius 2 is 1.88 bits per heavy atom. The molecule has 4 heterocycles. The lowest BCUT2D eigenvalue weighted by atomic mass is 9.84. The topological polar surface area (TPSA) is 129 Å². The van der Waals surface area contributed by atoms with Gasteiger partial charge in [-0.1, -0.05) is 30.7 Å². The lowest BCUT2D eigenvalue weighted by Crippen LogP contribution is -2.54. The molecule has 0 radical (unpaired) electrons. The quantitative estimate of drug-likeness (QED) is 0.293. The van der Waals surface area contributed by atoms with Crippen LogP contribution in [0.25, 0.3) is 0 Å². The summed E-state index contributed by atoms with van der Waals surface area (Å²) < 4.78 is 45.1. The molecule has 2 aromatic heterocycles. The predicted molar refractivity (Wildman–Crippen MR) is 152 cm³/mol. The zero-order chi connectivity index (χ0) is 30.6. The van der Waals surface area contributed by atoms with E-state index in [4.69, 9.17) is 26.8 Å². The van der Waals surface area contributed by atoms with Crippen molar-refractivity contribution in [2.24, 2.45) is 7.05 Å². The highest BCUT2D eigenvalue weighted by Gasteiger charge is 2.56. The number of nitrogens with zero attached hydrogens (tertiary/aromatic N) is 5. The Hall–Kier alpha value is -3.97. The van der Waals surface area contributed by atoms with Crippen LogP contribution >= 0.6 is 11.6 Å². The van der Waals surface area contributed by atoms with Crippen molar-refractivity contribution in [2.45, 2.75) is 36.9 Å². The Balaban J connectivity index is 1.57. The van der Waals surface area contributed by atoms with Crippen molar-refractivity contribution in [1.29, 1.82) is 0 Å². The van der Waals surface area contributed by atoms with Gasteiger partial charge >= 0.3 is 0 Å². The summed E-state index contributed by atoms with van der Waals surface area (Å²) in [5.74, 6) is -1.28. The molecule has 0 saturated carbocycles. The molecule has 13 heteroatoms. The highest BCUT2D eigenvalue weighted by molar-refractivity contribution is 6.30. The van der Waals surface area contributed by atoms with Gasteiger partial charge in [0.1, 0.15) is 17.2 Å². The molecule has 2 aromatic carbocycles. The van der Waals surface area contributed by atoms with Crippen LogP contribution in [0.15, 0.2) is 61.3 Å². The average molecular weight is 611 g/mol. The van der Waals surface area contributed by atoms with Gasteiger partial charge in [0, 0.05) is 23.8 Å². The molecule has 4 aromatic rings. The second-order valence-electron chi connectivity index (χ2n) is 10.9. The van der Waals surface area contributed by atoms with Crippen LogP contribution in [0.2, 0.25) is 5.02 Å². The smallest absolute Gasteiger partial charge is 0.257 e. The summed E-state index contributed by atoms with van der Waals surface area (Å²) in [6.07, 6.45) is 6.06. The summed E-state index contributed by atoms with van der Waals surface area (Å²) in [6.45, 7) is 0.574. The molecule has 2 aliphatic rings. The molecule has 0 bridgehead atoms. The number of anilines is 1. The first-order chi connectivity index (χ1) is 20.5. The van der Waals surface area contributed by atoms with Crippen LogP contribution in [0.4, 0.5) is 14.5 Å². The van der Waals surface area contributed by atoms with Crippen LogP contribution in [0.1, 0.15) is 51.9 Å². The first kappa shape index (κ1) is 29.1. The zero-order valence-corrected chi connectivity index (χ0v) is 24.2. The van der Waals surface area contributed by atoms with Crippen LogP contribution in [0.5, 0.6) is 0 Å². The van der Waals surface area contributed by atoms with E-state index in [9.17, 15) is 9.90 Å². The molecule has 43 heavy (non-hydrogen) atoms. The van der Waals surface area contributed by atoms with Gasteiger partial charge in [-0.25, -0.2) is 23.7 Å². The molecule has 0 spiro atoms. The third-order valence-corrected chi connectivity index (χ3v) is 8.18. The van der Waals surface area contributed by atoms with E-state index in [1.54, 1.807) is 49.0 Å². The van der Waals surface area contributed by atoms with Crippen molar-refractivity contribution in [3.63, 3.8) is 0 Å². The molecule has 224 valence electrons. The van der Waals surface area contributed by atoms with E-state index in [0.29, 0.717) is 22.0 Å². The molecule has 2 atom stereocenters. The van der Waals surface area contributed by atoms with Gasteiger partial charge in [0.25, 0.3) is 5.91 Å². The fraction of sp³-hybridized carbons (Fsp3) is 0.333. The Morgan fingerprint density at radius 3 is 2.47 bits per heavy atom. The van der Waals surface area contributed by atoms with Gasteiger partial charge in [-0.05, 0) is 36.2 Å². The second-order valence-corrected chi connectivity index (χ2v) is 11.4. The third kappa shape index (κ3) is 4.84. The van der Waals surface area contributed by atoms with E-state index in [2.05, 4.69) is 15.0 Å². The molecule has 1 saturated heterocycles. The van der Waals surface area contributed by atoms with Crippen LogP contribution in [0, 0.1) is 5.82 Å². The molecule has 3 N–H and O–H groups in total. The Kier molecular flexibility index (Phi) is 7.20. The van der Waals surface area contributed by atoms with Gasteiger partial charge in [0.2, 0.25) is 5.72 Å². The van der Waals surface area contributed by atoms with Crippen molar-refractivity contribution >= 4 is 23.2 Å². The Morgan fingerprint density at radius 1 is 1.19 bits per heavy atom. The number of halogens is 3. The van der Waals surface area contributed by atoms with Crippen molar-refractivity contribution in [3.8, 4) is 0 Å². The lowest BCUT2D eigenvalue weighted by Gasteiger charge is -2.42. The number of ether oxygens (including phenoxy) is 2. The summed E-state index contributed by atoms with van der Waals surface area (Å²) >= 11 is 6.19. The van der Waals surface area contributed by atoms with Gasteiger partial charge < -0.3 is 24.9 Å². The fourth-order valence-electron chi connectivity index (χ4n) is 5.56. The van der Waals surface area contributed by atoms with E-state index in [0.717, 1.165) is 0 Å². The maximum Gasteiger partial charge on any atom is 0.257 e. The number of alkyl halides is 1. The minimum absolute atomic E-state index is 0.0685. The number of benzene rings is 2. The zero-order valence-electron chi connectivity index (χ0n) is 23.4. The van der Waals surface area contributed by atoms with Crippen LogP contribution in [0.3, 0.4) is 0 Å². The number of imidazole rings is 1. The van der Waals surface area contributed by atoms with Crippen molar-refractivity contribution in [2.75, 3.05) is 25.6 Å². The number of rotatable bonds is 9. The van der Waals surface area contributed by atoms with Gasteiger partial charge in [-0.15, -0.1) is 0 Å². The number of fused-ring (bicyclic) bond motifs is 1. The maximum atomic E-state index is 16.7. The van der Waals surface area contributed by atoms with E-state index in [1.165, 1.54) is 35.8 Å². The van der Waals surface area contributed by atoms with Crippen molar-refractivity contribution in [1.82, 2.24) is 24.4 Å². The second kappa shape index (κ2) is 10.6. The summed E-state index contributed by atoms with van der Waals surface area (Å²) in [6, 6.07) is 8.93. The highest BCUT2D eigenvalue weighted by Crippen LogP contribution is 2.49. The molecule has 2 aliphatic heterocycles. The first-order valence-electron chi connectivity index (χ1n) is 13.6. The monoisotopic (exact) mass is 610 g/mol. The molecular weight excluding hydrogens is 582 g/mol. The molecule has 1 unspecified atom stereocenters. The maximum absolute atomic E-state index is 16.7. The number of carbonyl (C=O) groups excluding carboxylic acids is 1. The Labute approximate surface area is 251 Å². The van der Waals surface area contributed by atoms with E-state index >= 15 is 8.78 Å². The SMILES string of the molecule is CCC(O)(c1cc(F)c2c(c1)C(=O)N(Cc1ncc(N)cn1)[C@@]2(OCC1(F)COC1)c1ccc(Cl)cc1)c1cn(C)cn1. The predicted octanol–water partition coefficient (Wildman–Crippen LogP) is 3.84. The number of aromatic nitrogens is 4. The number of aliphatic hydroxyl groups is 1. The van der Waals surface area contributed by atoms with Crippen LogP contribution in [-0.4, -0.2) is 60.9 Å². The average Bonchev–Trinajstić information content (AvgIpc) is 3.52. The van der Waals surface area contributed by atoms with Crippen LogP contribution in [-0.2, 0) is 34.4 Å². The normalized spacial score (nSPS) is 20.5. The van der Waals surface area contributed by atoms with Gasteiger partial charge in [0.05, 0.1) is 67.6 Å². The third-order valence-electron chi connectivity index (χ3n) is 7.92. The van der Waals surface area contributed by atoms with E-state index in [1.807, 2.05) is 0 Å². The van der Waals surface area contributed by atoms with Crippen LogP contribution < -0.4 is 5.73 Å². The Bertz CT molecular complexity index is 1680. The minimum Gasteiger partial charge on any atom is -0.396 e. The number of hydrogen-bond acceptors (Lipinski definition) is 8.